The first-order valence-corrected chi connectivity index (χ1v) is 9.60. The summed E-state index contributed by atoms with van der Waals surface area (Å²) in [5.41, 5.74) is 0.870. The summed E-state index contributed by atoms with van der Waals surface area (Å²) in [4.78, 5) is 23.3. The minimum atomic E-state index is -3.67. The van der Waals surface area contributed by atoms with E-state index in [1.807, 2.05) is 0 Å². The van der Waals surface area contributed by atoms with E-state index in [0.717, 1.165) is 0 Å². The molecule has 8 nitrogen and oxygen atoms in total. The molecule has 3 N–H and O–H groups in total. The number of nitrogens with one attached hydrogen (secondary N) is 3. The number of sulfonamides is 1. The molecule has 0 heterocycles. The predicted octanol–water partition coefficient (Wildman–Crippen LogP) is 1.36. The molecule has 2 rings (SSSR count). The zero-order valence-corrected chi connectivity index (χ0v) is 15.8. The first kappa shape index (κ1) is 20.4. The van der Waals surface area contributed by atoms with Gasteiger partial charge in [0.2, 0.25) is 15.9 Å². The quantitative estimate of drug-likeness (QED) is 0.588. The Morgan fingerprint density at radius 3 is 2.37 bits per heavy atom. The molecule has 0 aliphatic heterocycles. The molecule has 144 valence electrons. The average Bonchev–Trinajstić information content (AvgIpc) is 2.65. The van der Waals surface area contributed by atoms with Crippen LogP contribution in [0, 0.1) is 0 Å². The maximum Gasteiger partial charge on any atom is 0.251 e. The van der Waals surface area contributed by atoms with E-state index in [0.29, 0.717) is 17.0 Å². The molecule has 0 fully saturated rings. The molecule has 0 spiro atoms. The lowest BCUT2D eigenvalue weighted by Gasteiger charge is -2.09. The molecular weight excluding hydrogens is 370 g/mol. The number of methoxy groups -OCH3 is 1. The SMILES string of the molecule is COc1ccc(S(=O)(=O)NCCNC(=O)c2cccc(NC(C)=O)c2)cc1. The molecule has 2 aromatic rings. The van der Waals surface area contributed by atoms with Crippen LogP contribution in [0.2, 0.25) is 0 Å². The van der Waals surface area contributed by atoms with Crippen LogP contribution in [0.25, 0.3) is 0 Å². The van der Waals surface area contributed by atoms with Gasteiger partial charge in [-0.3, -0.25) is 9.59 Å². The number of anilines is 1. The van der Waals surface area contributed by atoms with Gasteiger partial charge in [0.25, 0.3) is 5.91 Å². The number of rotatable bonds is 8. The zero-order chi connectivity index (χ0) is 19.9. The first-order valence-electron chi connectivity index (χ1n) is 8.11. The fourth-order valence-electron chi connectivity index (χ4n) is 2.24. The highest BCUT2D eigenvalue weighted by atomic mass is 32.2. The van der Waals surface area contributed by atoms with Gasteiger partial charge in [0.1, 0.15) is 5.75 Å². The summed E-state index contributed by atoms with van der Waals surface area (Å²) >= 11 is 0. The van der Waals surface area contributed by atoms with Crippen molar-refractivity contribution in [3.63, 3.8) is 0 Å². The van der Waals surface area contributed by atoms with Gasteiger partial charge in [0.15, 0.2) is 0 Å². The Balaban J connectivity index is 1.86. The Morgan fingerprint density at radius 1 is 1.04 bits per heavy atom. The summed E-state index contributed by atoms with van der Waals surface area (Å²) < 4.78 is 31.8. The van der Waals surface area contributed by atoms with Gasteiger partial charge in [-0.1, -0.05) is 6.07 Å². The maximum atomic E-state index is 12.2. The second kappa shape index (κ2) is 9.15. The van der Waals surface area contributed by atoms with Gasteiger partial charge in [-0.2, -0.15) is 0 Å². The number of hydrogen-bond acceptors (Lipinski definition) is 5. The van der Waals surface area contributed by atoms with Gasteiger partial charge in [0, 0.05) is 31.3 Å². The lowest BCUT2D eigenvalue weighted by Crippen LogP contribution is -2.34. The van der Waals surface area contributed by atoms with E-state index in [4.69, 9.17) is 4.74 Å². The third-order valence-electron chi connectivity index (χ3n) is 3.52. The van der Waals surface area contributed by atoms with Crippen LogP contribution in [-0.4, -0.2) is 40.4 Å². The van der Waals surface area contributed by atoms with Crippen molar-refractivity contribution >= 4 is 27.5 Å². The summed E-state index contributed by atoms with van der Waals surface area (Å²) in [7, 11) is -2.18. The summed E-state index contributed by atoms with van der Waals surface area (Å²) in [6.07, 6.45) is 0. The van der Waals surface area contributed by atoms with Crippen molar-refractivity contribution in [3.05, 3.63) is 54.1 Å². The van der Waals surface area contributed by atoms with Crippen molar-refractivity contribution < 1.29 is 22.7 Å². The van der Waals surface area contributed by atoms with Crippen molar-refractivity contribution in [2.45, 2.75) is 11.8 Å². The third-order valence-corrected chi connectivity index (χ3v) is 4.99. The van der Waals surface area contributed by atoms with Crippen LogP contribution in [0.1, 0.15) is 17.3 Å². The molecule has 0 unspecified atom stereocenters. The molecule has 9 heteroatoms. The van der Waals surface area contributed by atoms with Gasteiger partial charge < -0.3 is 15.4 Å². The summed E-state index contributed by atoms with van der Waals surface area (Å²) in [6.45, 7) is 1.52. The van der Waals surface area contributed by atoms with Crippen molar-refractivity contribution in [3.8, 4) is 5.75 Å². The first-order chi connectivity index (χ1) is 12.8. The van der Waals surface area contributed by atoms with E-state index in [1.54, 1.807) is 30.3 Å². The number of amides is 2. The van der Waals surface area contributed by atoms with Crippen LogP contribution in [0.3, 0.4) is 0 Å². The third kappa shape index (κ3) is 6.08. The molecule has 0 saturated carbocycles. The highest BCUT2D eigenvalue weighted by Gasteiger charge is 2.13. The Morgan fingerprint density at radius 2 is 1.74 bits per heavy atom. The van der Waals surface area contributed by atoms with E-state index < -0.39 is 10.0 Å². The van der Waals surface area contributed by atoms with Crippen LogP contribution < -0.4 is 20.1 Å². The molecule has 2 aromatic carbocycles. The van der Waals surface area contributed by atoms with Gasteiger partial charge in [-0.05, 0) is 42.5 Å². The van der Waals surface area contributed by atoms with Crippen molar-refractivity contribution in [2.75, 3.05) is 25.5 Å². The van der Waals surface area contributed by atoms with E-state index in [9.17, 15) is 18.0 Å². The lowest BCUT2D eigenvalue weighted by atomic mass is 10.2. The molecule has 0 aliphatic rings. The minimum Gasteiger partial charge on any atom is -0.497 e. The normalized spacial score (nSPS) is 10.9. The van der Waals surface area contributed by atoms with Crippen molar-refractivity contribution in [2.24, 2.45) is 0 Å². The standard InChI is InChI=1S/C18H21N3O5S/c1-13(22)21-15-5-3-4-14(12-15)18(23)19-10-11-20-27(24,25)17-8-6-16(26-2)7-9-17/h3-9,12,20H,10-11H2,1-2H3,(H,19,23)(H,21,22). The Hall–Kier alpha value is -2.91. The lowest BCUT2D eigenvalue weighted by molar-refractivity contribution is -0.114. The number of hydrogen-bond donors (Lipinski definition) is 3. The summed E-state index contributed by atoms with van der Waals surface area (Å²) in [5.74, 6) is -0.0472. The van der Waals surface area contributed by atoms with Crippen molar-refractivity contribution in [1.82, 2.24) is 10.0 Å². The smallest absolute Gasteiger partial charge is 0.251 e. The molecule has 0 saturated heterocycles. The fourth-order valence-corrected chi connectivity index (χ4v) is 3.27. The minimum absolute atomic E-state index is 0.0332. The van der Waals surface area contributed by atoms with E-state index >= 15 is 0 Å². The zero-order valence-electron chi connectivity index (χ0n) is 15.0. The van der Waals surface area contributed by atoms with E-state index in [1.165, 1.54) is 32.2 Å². The van der Waals surface area contributed by atoms with E-state index in [2.05, 4.69) is 15.4 Å². The Labute approximate surface area is 158 Å². The van der Waals surface area contributed by atoms with Crippen LogP contribution >= 0.6 is 0 Å². The van der Waals surface area contributed by atoms with Crippen LogP contribution in [0.15, 0.2) is 53.4 Å². The molecule has 0 bridgehead atoms. The van der Waals surface area contributed by atoms with E-state index in [-0.39, 0.29) is 29.8 Å². The Kier molecular flexibility index (Phi) is 6.91. The maximum absolute atomic E-state index is 12.2. The van der Waals surface area contributed by atoms with Gasteiger partial charge >= 0.3 is 0 Å². The molecule has 0 aliphatic carbocycles. The van der Waals surface area contributed by atoms with Crippen LogP contribution in [-0.2, 0) is 14.8 Å². The second-order valence-corrected chi connectivity index (χ2v) is 7.36. The number of carbonyl (C=O) groups is 2. The molecule has 0 aromatic heterocycles. The highest BCUT2D eigenvalue weighted by molar-refractivity contribution is 7.89. The highest BCUT2D eigenvalue weighted by Crippen LogP contribution is 2.15. The monoisotopic (exact) mass is 391 g/mol. The Bertz CT molecular complexity index is 911. The van der Waals surface area contributed by atoms with Gasteiger partial charge in [-0.25, -0.2) is 13.1 Å². The largest absolute Gasteiger partial charge is 0.497 e. The number of benzene rings is 2. The van der Waals surface area contributed by atoms with Crippen LogP contribution in [0.5, 0.6) is 5.75 Å². The topological polar surface area (TPSA) is 114 Å². The summed E-state index contributed by atoms with van der Waals surface area (Å²) in [5, 5.41) is 5.22. The molecule has 0 atom stereocenters. The number of carbonyl (C=O) groups excluding carboxylic acids is 2. The average molecular weight is 391 g/mol. The predicted molar refractivity (Wildman–Crippen MR) is 101 cm³/mol. The van der Waals surface area contributed by atoms with Crippen molar-refractivity contribution in [1.29, 1.82) is 0 Å². The number of ether oxygens (including phenoxy) is 1. The fraction of sp³-hybridized carbons (Fsp3) is 0.222. The molecular formula is C18H21N3O5S. The second-order valence-electron chi connectivity index (χ2n) is 5.59. The molecule has 27 heavy (non-hydrogen) atoms. The van der Waals surface area contributed by atoms with Gasteiger partial charge in [-0.15, -0.1) is 0 Å². The van der Waals surface area contributed by atoms with Gasteiger partial charge in [0.05, 0.1) is 12.0 Å². The molecule has 2 amide bonds. The van der Waals surface area contributed by atoms with Crippen LogP contribution in [0.4, 0.5) is 5.69 Å². The summed E-state index contributed by atoms with van der Waals surface area (Å²) in [6, 6.07) is 12.4. The molecule has 0 radical (unpaired) electrons.